The molecule has 0 heterocycles. The zero-order valence-corrected chi connectivity index (χ0v) is 10.1. The molecule has 1 aromatic rings. The number of ether oxygens (including phenoxy) is 1. The lowest BCUT2D eigenvalue weighted by molar-refractivity contribution is -0.386. The Balaban J connectivity index is 3.52. The Hall–Kier alpha value is -1.41. The first kappa shape index (κ1) is 13.7. The number of rotatable bonds is 4. The van der Waals surface area contributed by atoms with E-state index in [1.54, 1.807) is 0 Å². The second-order valence-electron chi connectivity index (χ2n) is 2.88. The number of nitro benzene ring substituents is 1. The third kappa shape index (κ3) is 3.04. The average molecular weight is 284 g/mol. The molecular formula is C8H7ClFNO5S. The second-order valence-corrected chi connectivity index (χ2v) is 5.45. The lowest BCUT2D eigenvalue weighted by Crippen LogP contribution is -2.02. The van der Waals surface area contributed by atoms with E-state index < -0.39 is 36.1 Å². The molecule has 6 nitrogen and oxygen atoms in total. The fourth-order valence-corrected chi connectivity index (χ4v) is 1.88. The Kier molecular flexibility index (Phi) is 3.89. The molecule has 0 amide bonds. The van der Waals surface area contributed by atoms with Crippen LogP contribution in [0.4, 0.5) is 10.1 Å². The molecule has 0 fully saturated rings. The number of hydrogen-bond donors (Lipinski definition) is 0. The molecule has 9 heteroatoms. The van der Waals surface area contributed by atoms with Crippen LogP contribution in [0.5, 0.6) is 5.75 Å². The topological polar surface area (TPSA) is 86.5 Å². The van der Waals surface area contributed by atoms with Crippen LogP contribution in [0.1, 0.15) is 6.92 Å². The van der Waals surface area contributed by atoms with E-state index in [9.17, 15) is 22.9 Å². The van der Waals surface area contributed by atoms with Crippen molar-refractivity contribution < 1.29 is 22.5 Å². The Morgan fingerprint density at radius 1 is 1.53 bits per heavy atom. The monoisotopic (exact) mass is 283 g/mol. The molecule has 1 rings (SSSR count). The first-order chi connectivity index (χ1) is 7.77. The summed E-state index contributed by atoms with van der Waals surface area (Å²) in [4.78, 5) is 9.02. The van der Waals surface area contributed by atoms with Gasteiger partial charge in [-0.1, -0.05) is 0 Å². The highest BCUT2D eigenvalue weighted by atomic mass is 35.7. The van der Waals surface area contributed by atoms with E-state index in [-0.39, 0.29) is 6.61 Å². The predicted molar refractivity (Wildman–Crippen MR) is 57.3 cm³/mol. The maximum Gasteiger partial charge on any atom is 0.315 e. The van der Waals surface area contributed by atoms with Gasteiger partial charge in [0.05, 0.1) is 16.4 Å². The van der Waals surface area contributed by atoms with E-state index in [4.69, 9.17) is 15.4 Å². The summed E-state index contributed by atoms with van der Waals surface area (Å²) in [6, 6.07) is 1.22. The van der Waals surface area contributed by atoms with Crippen LogP contribution in [-0.2, 0) is 9.05 Å². The third-order valence-corrected chi connectivity index (χ3v) is 3.10. The Labute approximate surface area is 101 Å². The summed E-state index contributed by atoms with van der Waals surface area (Å²) in [6.45, 7) is 1.51. The summed E-state index contributed by atoms with van der Waals surface area (Å²) in [5.41, 5.74) is -0.786. The molecule has 1 aromatic carbocycles. The van der Waals surface area contributed by atoms with E-state index in [1.165, 1.54) is 6.92 Å². The van der Waals surface area contributed by atoms with Gasteiger partial charge >= 0.3 is 5.69 Å². The molecule has 0 bridgehead atoms. The molecule has 0 aliphatic rings. The fraction of sp³-hybridized carbons (Fsp3) is 0.250. The maximum atomic E-state index is 13.4. The van der Waals surface area contributed by atoms with E-state index in [2.05, 4.69) is 0 Å². The van der Waals surface area contributed by atoms with Crippen molar-refractivity contribution in [2.24, 2.45) is 0 Å². The van der Waals surface area contributed by atoms with Gasteiger partial charge in [-0.2, -0.15) is 0 Å². The van der Waals surface area contributed by atoms with Crippen molar-refractivity contribution in [2.45, 2.75) is 11.8 Å². The highest BCUT2D eigenvalue weighted by Gasteiger charge is 2.25. The van der Waals surface area contributed by atoms with Crippen molar-refractivity contribution in [3.63, 3.8) is 0 Å². The van der Waals surface area contributed by atoms with Gasteiger partial charge in [-0.15, -0.1) is 0 Å². The van der Waals surface area contributed by atoms with Crippen molar-refractivity contribution in [3.05, 3.63) is 28.1 Å². The molecular weight excluding hydrogens is 277 g/mol. The molecule has 0 N–H and O–H groups in total. The zero-order chi connectivity index (χ0) is 13.2. The van der Waals surface area contributed by atoms with E-state index in [1.807, 2.05) is 0 Å². The van der Waals surface area contributed by atoms with Crippen molar-refractivity contribution in [2.75, 3.05) is 6.61 Å². The summed E-state index contributed by atoms with van der Waals surface area (Å²) in [6.07, 6.45) is 0. The van der Waals surface area contributed by atoms with Crippen LogP contribution in [0.2, 0.25) is 0 Å². The Morgan fingerprint density at radius 2 is 2.12 bits per heavy atom. The summed E-state index contributed by atoms with van der Waals surface area (Å²) in [5, 5.41) is 10.6. The number of nitrogens with zero attached hydrogens (tertiary/aromatic N) is 1. The SMILES string of the molecule is CCOc1c(F)cc(S(=O)(=O)Cl)cc1[N+](=O)[O-]. The van der Waals surface area contributed by atoms with Crippen molar-refractivity contribution in [1.29, 1.82) is 0 Å². The molecule has 94 valence electrons. The Morgan fingerprint density at radius 3 is 2.53 bits per heavy atom. The van der Waals surface area contributed by atoms with E-state index in [0.29, 0.717) is 12.1 Å². The van der Waals surface area contributed by atoms with Crippen LogP contribution in [0.25, 0.3) is 0 Å². The van der Waals surface area contributed by atoms with Gasteiger partial charge in [-0.05, 0) is 13.0 Å². The standard InChI is InChI=1S/C8H7ClFNO5S/c1-2-16-8-6(10)3-5(17(9,14)15)4-7(8)11(12)13/h3-4H,2H2,1H3. The molecule has 0 saturated carbocycles. The predicted octanol–water partition coefficient (Wildman–Crippen LogP) is 2.06. The lowest BCUT2D eigenvalue weighted by Gasteiger charge is -2.06. The number of benzene rings is 1. The summed E-state index contributed by atoms with van der Waals surface area (Å²) in [7, 11) is 0.738. The van der Waals surface area contributed by atoms with Gasteiger partial charge in [-0.3, -0.25) is 10.1 Å². The normalized spacial score (nSPS) is 11.2. The van der Waals surface area contributed by atoms with Crippen LogP contribution >= 0.6 is 10.7 Å². The van der Waals surface area contributed by atoms with Gasteiger partial charge in [0.2, 0.25) is 5.75 Å². The average Bonchev–Trinajstić information content (AvgIpc) is 2.18. The highest BCUT2D eigenvalue weighted by Crippen LogP contribution is 2.33. The van der Waals surface area contributed by atoms with E-state index in [0.717, 1.165) is 0 Å². The minimum absolute atomic E-state index is 0.00469. The summed E-state index contributed by atoms with van der Waals surface area (Å²) >= 11 is 0. The smallest absolute Gasteiger partial charge is 0.315 e. The maximum absolute atomic E-state index is 13.4. The van der Waals surface area contributed by atoms with Crippen LogP contribution < -0.4 is 4.74 Å². The first-order valence-electron chi connectivity index (χ1n) is 4.32. The number of hydrogen-bond acceptors (Lipinski definition) is 5. The highest BCUT2D eigenvalue weighted by molar-refractivity contribution is 8.13. The Bertz CT molecular complexity index is 559. The zero-order valence-electron chi connectivity index (χ0n) is 8.51. The number of nitro groups is 1. The van der Waals surface area contributed by atoms with Crippen LogP contribution in [0, 0.1) is 15.9 Å². The van der Waals surface area contributed by atoms with Crippen molar-refractivity contribution >= 4 is 25.4 Å². The van der Waals surface area contributed by atoms with E-state index >= 15 is 0 Å². The molecule has 0 aliphatic carbocycles. The third-order valence-electron chi connectivity index (χ3n) is 1.76. The largest absolute Gasteiger partial charge is 0.485 e. The molecule has 0 aromatic heterocycles. The first-order valence-corrected chi connectivity index (χ1v) is 6.63. The van der Waals surface area contributed by atoms with Crippen LogP contribution in [0.3, 0.4) is 0 Å². The second kappa shape index (κ2) is 4.84. The van der Waals surface area contributed by atoms with Gasteiger partial charge in [0.25, 0.3) is 9.05 Å². The molecule has 0 aliphatic heterocycles. The van der Waals surface area contributed by atoms with Gasteiger partial charge in [-0.25, -0.2) is 12.8 Å². The quantitative estimate of drug-likeness (QED) is 0.479. The molecule has 0 atom stereocenters. The van der Waals surface area contributed by atoms with Crippen LogP contribution in [-0.4, -0.2) is 19.9 Å². The molecule has 0 saturated heterocycles. The molecule has 0 unspecified atom stereocenters. The minimum atomic E-state index is -4.24. The van der Waals surface area contributed by atoms with Gasteiger partial charge in [0, 0.05) is 16.7 Å². The van der Waals surface area contributed by atoms with Crippen molar-refractivity contribution in [1.82, 2.24) is 0 Å². The van der Waals surface area contributed by atoms with Crippen LogP contribution in [0.15, 0.2) is 17.0 Å². The minimum Gasteiger partial charge on any atom is -0.485 e. The van der Waals surface area contributed by atoms with Gasteiger partial charge in [0.15, 0.2) is 5.82 Å². The molecule has 0 radical (unpaired) electrons. The summed E-state index contributed by atoms with van der Waals surface area (Å²) < 4.78 is 40.1. The summed E-state index contributed by atoms with van der Waals surface area (Å²) in [5.74, 6) is -1.76. The fourth-order valence-electron chi connectivity index (χ4n) is 1.12. The number of halogens is 2. The van der Waals surface area contributed by atoms with Gasteiger partial charge < -0.3 is 4.74 Å². The lowest BCUT2D eigenvalue weighted by atomic mass is 10.3. The molecule has 17 heavy (non-hydrogen) atoms. The van der Waals surface area contributed by atoms with Gasteiger partial charge in [0.1, 0.15) is 0 Å². The van der Waals surface area contributed by atoms with Crippen molar-refractivity contribution in [3.8, 4) is 5.75 Å². The molecule has 0 spiro atoms.